The van der Waals surface area contributed by atoms with E-state index in [0.717, 1.165) is 54.0 Å². The van der Waals surface area contributed by atoms with Crippen molar-refractivity contribution in [3.8, 4) is 27.1 Å². The van der Waals surface area contributed by atoms with E-state index in [4.69, 9.17) is 26.1 Å². The molecule has 1 unspecified atom stereocenters. The number of halogens is 1. The predicted octanol–water partition coefficient (Wildman–Crippen LogP) is 7.35. The Labute approximate surface area is 431 Å². The van der Waals surface area contributed by atoms with Gasteiger partial charge in [0, 0.05) is 40.1 Å². The number of aromatic nitrogens is 5. The topological polar surface area (TPSA) is 215 Å². The fourth-order valence-electron chi connectivity index (χ4n) is 8.77. The fourth-order valence-corrected chi connectivity index (χ4v) is 10.9. The van der Waals surface area contributed by atoms with Gasteiger partial charge in [0.2, 0.25) is 23.6 Å². The van der Waals surface area contributed by atoms with Crippen LogP contribution in [0.5, 0.6) is 11.6 Å². The highest BCUT2D eigenvalue weighted by atomic mass is 35.5. The monoisotopic (exact) mass is 1030 g/mol. The molecule has 0 bridgehead atoms. The lowest BCUT2D eigenvalue weighted by Crippen LogP contribution is -2.58. The van der Waals surface area contributed by atoms with Gasteiger partial charge in [-0.05, 0) is 81.8 Å². The van der Waals surface area contributed by atoms with Gasteiger partial charge in [0.1, 0.15) is 40.8 Å². The number of likely N-dealkylation sites (tertiary alicyclic amines) is 1. The summed E-state index contributed by atoms with van der Waals surface area (Å²) in [5.41, 5.74) is 7.63. The van der Waals surface area contributed by atoms with Gasteiger partial charge in [0.25, 0.3) is 5.91 Å². The Morgan fingerprint density at radius 3 is 2.31 bits per heavy atom. The van der Waals surface area contributed by atoms with Crippen molar-refractivity contribution in [2.24, 2.45) is 10.4 Å². The minimum atomic E-state index is -1.04. The molecule has 2 aliphatic rings. The van der Waals surface area contributed by atoms with Crippen molar-refractivity contribution in [1.82, 2.24) is 45.6 Å². The van der Waals surface area contributed by atoms with Gasteiger partial charge in [0.05, 0.1) is 53.1 Å². The molecule has 17 nitrogen and oxygen atoms in total. The third-order valence-corrected chi connectivity index (χ3v) is 15.2. The van der Waals surface area contributed by atoms with Crippen LogP contribution in [0.15, 0.2) is 77.4 Å². The maximum absolute atomic E-state index is 14.2. The number of thiophene rings is 1. The molecule has 0 radical (unpaired) electrons. The van der Waals surface area contributed by atoms with Crippen LogP contribution in [0.4, 0.5) is 0 Å². The predicted molar refractivity (Wildman–Crippen MR) is 277 cm³/mol. The summed E-state index contributed by atoms with van der Waals surface area (Å²) >= 11 is 9.46. The molecule has 6 aromatic rings. The van der Waals surface area contributed by atoms with Gasteiger partial charge < -0.3 is 35.4 Å². The van der Waals surface area contributed by atoms with E-state index in [-0.39, 0.29) is 49.5 Å². The standard InChI is InChI=1S/C52H59ClN10O7S2/c1-27(22-54-41(65)21-39-48-61-60-32(6)63(48)51-44(28(2)31(5)72-51)45(58-39)34-14-16-36(53)17-15-34)70-43-19-18-38(23-55-43)69-25-42(66)59-47(52(7,8)9)50(68)62-24-37(64)20-40(62)49(67)57-29(3)33-10-12-35(13-11-33)46-30(4)56-26-71-46/h10-19,23,26-27,29,37,39-40,47,64H,20-22,24-25H2,1-9H3,(H,54,65)(H,57,67)(H,59,66)/t27-,29+,37-,39+,40+,47?/m1/s1. The van der Waals surface area contributed by atoms with E-state index >= 15 is 0 Å². The minimum Gasteiger partial charge on any atom is -0.482 e. The highest BCUT2D eigenvalue weighted by Gasteiger charge is 2.45. The highest BCUT2D eigenvalue weighted by molar-refractivity contribution is 7.15. The Morgan fingerprint density at radius 2 is 1.64 bits per heavy atom. The number of carbonyl (C=O) groups excluding carboxylic acids is 4. The smallest absolute Gasteiger partial charge is 0.258 e. The number of thiazole rings is 1. The number of hydrogen-bond donors (Lipinski definition) is 4. The van der Waals surface area contributed by atoms with Gasteiger partial charge in [-0.25, -0.2) is 9.97 Å². The van der Waals surface area contributed by atoms with Crippen LogP contribution in [-0.2, 0) is 19.2 Å². The number of carbonyl (C=O) groups is 4. The number of nitrogens with one attached hydrogen (secondary N) is 3. The number of aliphatic hydroxyl groups is 1. The van der Waals surface area contributed by atoms with Crippen molar-refractivity contribution in [2.75, 3.05) is 19.7 Å². The minimum absolute atomic E-state index is 0.0153. The molecule has 0 saturated carbocycles. The lowest BCUT2D eigenvalue weighted by Gasteiger charge is -2.35. The Morgan fingerprint density at radius 1 is 0.917 bits per heavy atom. The Kier molecular flexibility index (Phi) is 15.6. The van der Waals surface area contributed by atoms with E-state index in [2.05, 4.69) is 50.0 Å². The first-order chi connectivity index (χ1) is 34.2. The third kappa shape index (κ3) is 11.5. The van der Waals surface area contributed by atoms with Crippen LogP contribution in [0.2, 0.25) is 5.02 Å². The van der Waals surface area contributed by atoms with E-state index in [0.29, 0.717) is 16.7 Å². The first kappa shape index (κ1) is 51.8. The van der Waals surface area contributed by atoms with Crippen LogP contribution in [0.3, 0.4) is 0 Å². The van der Waals surface area contributed by atoms with E-state index in [1.165, 1.54) is 11.1 Å². The normalized spacial score (nSPS) is 17.7. The molecular weight excluding hydrogens is 976 g/mol. The average Bonchev–Trinajstić information content (AvgIpc) is 4.11. The van der Waals surface area contributed by atoms with E-state index in [1.54, 1.807) is 41.7 Å². The van der Waals surface area contributed by atoms with Crippen molar-refractivity contribution < 1.29 is 33.8 Å². The summed E-state index contributed by atoms with van der Waals surface area (Å²) in [6.07, 6.45) is 0.104. The molecule has 2 aromatic carbocycles. The van der Waals surface area contributed by atoms with Gasteiger partial charge in [-0.3, -0.25) is 28.7 Å². The average molecular weight is 1040 g/mol. The van der Waals surface area contributed by atoms with Crippen molar-refractivity contribution in [3.63, 3.8) is 0 Å². The van der Waals surface area contributed by atoms with E-state index in [1.807, 2.05) is 100 Å². The Balaban J connectivity index is 0.828. The molecule has 6 heterocycles. The van der Waals surface area contributed by atoms with E-state index in [9.17, 15) is 24.3 Å². The largest absolute Gasteiger partial charge is 0.482 e. The second kappa shape index (κ2) is 21.7. The summed E-state index contributed by atoms with van der Waals surface area (Å²) in [7, 11) is 0. The molecule has 2 aliphatic heterocycles. The molecular formula is C52H59ClN10O7S2. The second-order valence-corrected chi connectivity index (χ2v) is 21.8. The maximum atomic E-state index is 14.2. The number of rotatable bonds is 16. The summed E-state index contributed by atoms with van der Waals surface area (Å²) < 4.78 is 13.8. The molecule has 72 heavy (non-hydrogen) atoms. The molecule has 8 rings (SSSR count). The van der Waals surface area contributed by atoms with Gasteiger partial charge in [-0.1, -0.05) is 68.8 Å². The number of pyridine rings is 1. The number of fused-ring (bicyclic) bond motifs is 3. The molecule has 20 heteroatoms. The van der Waals surface area contributed by atoms with Crippen molar-refractivity contribution >= 4 is 63.6 Å². The summed E-state index contributed by atoms with van der Waals surface area (Å²) in [6, 6.07) is 15.6. The number of benzene rings is 2. The number of ether oxygens (including phenoxy) is 2. The molecule has 1 saturated heterocycles. The molecule has 378 valence electrons. The highest BCUT2D eigenvalue weighted by Crippen LogP contribution is 2.40. The summed E-state index contributed by atoms with van der Waals surface area (Å²) in [5, 5.41) is 29.9. The number of aliphatic hydroxyl groups excluding tert-OH is 1. The summed E-state index contributed by atoms with van der Waals surface area (Å²) in [6.45, 7) is 16.8. The van der Waals surface area contributed by atoms with E-state index < -0.39 is 60.1 Å². The van der Waals surface area contributed by atoms with Gasteiger partial charge in [-0.15, -0.1) is 32.9 Å². The van der Waals surface area contributed by atoms with Gasteiger partial charge >= 0.3 is 0 Å². The Hall–Kier alpha value is -6.54. The van der Waals surface area contributed by atoms with Crippen molar-refractivity contribution in [2.45, 2.75) is 112 Å². The summed E-state index contributed by atoms with van der Waals surface area (Å²) in [5.74, 6) is 0.135. The number of β-amino-alcohol motifs (C(OH)–C–C–N with tert-alkyl or cyclic N) is 1. The third-order valence-electron chi connectivity index (χ3n) is 12.8. The van der Waals surface area contributed by atoms with Crippen LogP contribution in [0.25, 0.3) is 15.4 Å². The molecule has 6 atom stereocenters. The second-order valence-electron chi connectivity index (χ2n) is 19.3. The molecule has 0 aliphatic carbocycles. The molecule has 0 spiro atoms. The zero-order valence-electron chi connectivity index (χ0n) is 41.6. The van der Waals surface area contributed by atoms with Gasteiger partial charge in [-0.2, -0.15) is 0 Å². The lowest BCUT2D eigenvalue weighted by molar-refractivity contribution is -0.144. The van der Waals surface area contributed by atoms with Crippen LogP contribution < -0.4 is 25.4 Å². The van der Waals surface area contributed by atoms with Gasteiger partial charge in [0.15, 0.2) is 12.4 Å². The van der Waals surface area contributed by atoms with Crippen LogP contribution in [0.1, 0.15) is 104 Å². The SMILES string of the molecule is Cc1ncsc1-c1ccc([C@H](C)NC(=O)[C@@H]2C[C@@H](O)CN2C(=O)C(NC(=O)COc2ccc(O[C@H](C)CNC(=O)C[C@@H]3N=C(c4ccc(Cl)cc4)c4c(sc(C)c4C)-n4c(C)nnc43)nc2)C(C)(C)C)cc1. The van der Waals surface area contributed by atoms with Crippen LogP contribution >= 0.6 is 34.3 Å². The number of nitrogens with zero attached hydrogens (tertiary/aromatic N) is 7. The summed E-state index contributed by atoms with van der Waals surface area (Å²) in [4.78, 5) is 72.3. The maximum Gasteiger partial charge on any atom is 0.258 e. The zero-order chi connectivity index (χ0) is 51.6. The van der Waals surface area contributed by atoms with Crippen LogP contribution in [-0.4, -0.2) is 108 Å². The first-order valence-electron chi connectivity index (χ1n) is 23.7. The quantitative estimate of drug-likeness (QED) is 0.0752. The number of aliphatic imine (C=N–C) groups is 1. The molecule has 4 amide bonds. The Bertz CT molecular complexity index is 2980. The zero-order valence-corrected chi connectivity index (χ0v) is 44.0. The van der Waals surface area contributed by atoms with Crippen molar-refractivity contribution in [1.29, 1.82) is 0 Å². The molecule has 4 N–H and O–H groups in total. The molecule has 4 aromatic heterocycles. The van der Waals surface area contributed by atoms with Crippen molar-refractivity contribution in [3.05, 3.63) is 122 Å². The van der Waals surface area contributed by atoms with Crippen LogP contribution in [0, 0.1) is 33.1 Å². The fraction of sp³-hybridized carbons (Fsp3) is 0.404. The number of amides is 4. The number of aryl methyl sites for hydroxylation is 3. The first-order valence-corrected chi connectivity index (χ1v) is 25.8. The number of hydrogen-bond acceptors (Lipinski definition) is 14. The lowest BCUT2D eigenvalue weighted by atomic mass is 9.85. The molecule has 1 fully saturated rings.